The van der Waals surface area contributed by atoms with E-state index in [1.807, 2.05) is 25.1 Å². The number of carbonyl (C=O) groups is 4. The second-order valence-corrected chi connectivity index (χ2v) is 24.5. The standard InChI is InChI=1S/C15H16N6O3.C15H16N6O2.C14H13ClN6O2.C14H14N6O2.C8H10N6OS/c1-24-8-4-2-7(3-5-8)20-14(22)11-9-6-19-12(16)10(9)15(23)21(18)13(11)17;1-7-2-4-8(5-3-7)20-14(22)11-9-6-19-12(16)10(9)15(23)21(18)13(11)17;15-6-1-3-7(4-2-6)20-13(22)10-8-5-19-11(16)9(8)14(23)21(18)12(10)17;15-11-9-8(6-18-11)10(12(16)20(17)14(9)22)13(21)19-7-4-2-1-3-5-7;9-5-3-2(1-13-5)4(7(11)16)6(10)14(12)8(3)15/h2-5H,6,17-18H2,1H3,(H2,16,19)(H,20,22);2-5H,6,17-18H2,1H3,(H2,16,19)(H,20,22);1-4H,5,17-18H2,(H2,16,19)(H,20,22);1-5H,6,16-17H2,(H2,15,18)(H,19,21);1,10,12H2,(H2,9,13)(H2,11,16). The van der Waals surface area contributed by atoms with Gasteiger partial charge in [-0.15, -0.1) is 0 Å². The fourth-order valence-electron chi connectivity index (χ4n) is 11.6. The molecule has 40 nitrogen and oxygen atoms in total. The van der Waals surface area contributed by atoms with E-state index >= 15 is 0 Å². The number of aliphatic imine (C=N–C) groups is 5. The summed E-state index contributed by atoms with van der Waals surface area (Å²) in [6.45, 7) is 2.64. The van der Waals surface area contributed by atoms with Crippen LogP contribution in [0.15, 0.2) is 152 Å². The predicted molar refractivity (Wildman–Crippen MR) is 418 cm³/mol. The highest BCUT2D eigenvalue weighted by Gasteiger charge is 2.34. The maximum Gasteiger partial charge on any atom is 0.281 e. The molecule has 14 rings (SSSR count). The van der Waals surface area contributed by atoms with Crippen molar-refractivity contribution in [2.45, 2.75) is 39.6 Å². The molecule has 36 N–H and O–H groups in total. The number of pyridine rings is 5. The van der Waals surface area contributed by atoms with Crippen LogP contribution in [-0.4, -0.2) is 88.3 Å². The lowest BCUT2D eigenvalue weighted by Crippen LogP contribution is -2.38. The largest absolute Gasteiger partial charge is 0.497 e. The molecular weight excluding hydrogens is 1440 g/mol. The fourth-order valence-corrected chi connectivity index (χ4v) is 11.9. The Kier molecular flexibility index (Phi) is 21.3. The first-order chi connectivity index (χ1) is 51.2. The molecule has 42 heteroatoms. The second kappa shape index (κ2) is 30.4. The summed E-state index contributed by atoms with van der Waals surface area (Å²) < 4.78 is 8.68. The average Bonchev–Trinajstić information content (AvgIpc) is 1.58. The Morgan fingerprint density at radius 2 is 0.611 bits per heavy atom. The highest BCUT2D eigenvalue weighted by atomic mass is 35.5. The van der Waals surface area contributed by atoms with Crippen LogP contribution in [0.1, 0.15) is 108 Å². The first kappa shape index (κ1) is 75.5. The van der Waals surface area contributed by atoms with Gasteiger partial charge in [0.05, 0.1) is 95.5 Å². The molecule has 5 aliphatic rings. The van der Waals surface area contributed by atoms with Crippen LogP contribution in [0.3, 0.4) is 0 Å². The van der Waals surface area contributed by atoms with E-state index in [9.17, 15) is 43.2 Å². The van der Waals surface area contributed by atoms with E-state index in [1.165, 1.54) is 0 Å². The Balaban J connectivity index is 0.000000145. The summed E-state index contributed by atoms with van der Waals surface area (Å²) in [7, 11) is 1.55. The molecule has 0 radical (unpaired) electrons. The number of hydrogen-bond acceptors (Lipinski definition) is 31. The van der Waals surface area contributed by atoms with Crippen molar-refractivity contribution < 1.29 is 23.9 Å². The number of methoxy groups -OCH3 is 1. The van der Waals surface area contributed by atoms with Gasteiger partial charge in [0.15, 0.2) is 0 Å². The Labute approximate surface area is 617 Å². The van der Waals surface area contributed by atoms with Crippen LogP contribution in [0, 0.1) is 6.92 Å². The van der Waals surface area contributed by atoms with E-state index in [0.717, 1.165) is 14.9 Å². The molecule has 0 spiro atoms. The van der Waals surface area contributed by atoms with E-state index < -0.39 is 51.4 Å². The number of halogens is 1. The summed E-state index contributed by atoms with van der Waals surface area (Å²) in [4.78, 5) is 131. The van der Waals surface area contributed by atoms with Crippen molar-refractivity contribution in [3.05, 3.63) is 249 Å². The van der Waals surface area contributed by atoms with Gasteiger partial charge in [-0.2, -0.15) is 0 Å². The molecule has 108 heavy (non-hydrogen) atoms. The number of amides is 4. The molecule has 4 aromatic carbocycles. The minimum Gasteiger partial charge on any atom is -0.497 e. The zero-order chi connectivity index (χ0) is 78.8. The van der Waals surface area contributed by atoms with E-state index in [-0.39, 0.29) is 146 Å². The highest BCUT2D eigenvalue weighted by Crippen LogP contribution is 2.30. The molecule has 556 valence electrons. The van der Waals surface area contributed by atoms with Gasteiger partial charge in [0, 0.05) is 55.6 Å². The van der Waals surface area contributed by atoms with Crippen LogP contribution in [0.5, 0.6) is 5.75 Å². The van der Waals surface area contributed by atoms with Crippen molar-refractivity contribution in [3.63, 3.8) is 0 Å². The minimum atomic E-state index is -0.584. The van der Waals surface area contributed by atoms with Gasteiger partial charge in [0.1, 0.15) is 69.0 Å². The molecule has 0 saturated heterocycles. The van der Waals surface area contributed by atoms with Gasteiger partial charge in [-0.05, 0) is 79.7 Å². The summed E-state index contributed by atoms with van der Waals surface area (Å²) in [6.07, 6.45) is 0. The fraction of sp³-hybridized carbons (Fsp3) is 0.106. The number of fused-ring (bicyclic) bond motifs is 5. The second-order valence-electron chi connectivity index (χ2n) is 23.6. The lowest BCUT2D eigenvalue weighted by molar-refractivity contribution is 0.101. The van der Waals surface area contributed by atoms with E-state index in [0.29, 0.717) is 80.9 Å². The average molecular weight is 1510 g/mol. The number of para-hydroxylation sites is 1. The number of ether oxygens (including phenoxy) is 1. The van der Waals surface area contributed by atoms with Crippen LogP contribution in [0.25, 0.3) is 0 Å². The zero-order valence-corrected chi connectivity index (χ0v) is 58.5. The number of aromatic nitrogens is 5. The van der Waals surface area contributed by atoms with Gasteiger partial charge in [-0.25, -0.2) is 23.4 Å². The van der Waals surface area contributed by atoms with E-state index in [4.69, 9.17) is 121 Å². The first-order valence-corrected chi connectivity index (χ1v) is 32.2. The molecule has 0 saturated carbocycles. The number of hydrogen-bond donors (Lipinski definition) is 20. The number of rotatable bonds is 10. The maximum atomic E-state index is 12.6. The molecule has 0 fully saturated rings. The number of nitrogens with one attached hydrogen (secondary N) is 4. The summed E-state index contributed by atoms with van der Waals surface area (Å²) >= 11 is 10.7. The molecule has 0 bridgehead atoms. The van der Waals surface area contributed by atoms with Crippen LogP contribution in [0.2, 0.25) is 5.02 Å². The number of carbonyl (C=O) groups excluding carboxylic acids is 4. The van der Waals surface area contributed by atoms with Gasteiger partial charge >= 0.3 is 0 Å². The van der Waals surface area contributed by atoms with Crippen molar-refractivity contribution in [2.75, 3.05) is 86.3 Å². The normalized spacial score (nSPS) is 12.7. The van der Waals surface area contributed by atoms with Gasteiger partial charge < -0.3 is 118 Å². The van der Waals surface area contributed by atoms with Crippen molar-refractivity contribution in [1.29, 1.82) is 0 Å². The van der Waals surface area contributed by atoms with Gasteiger partial charge in [-0.1, -0.05) is 59.7 Å². The van der Waals surface area contributed by atoms with Gasteiger partial charge in [-0.3, -0.25) is 68.1 Å². The molecule has 0 atom stereocenters. The summed E-state index contributed by atoms with van der Waals surface area (Å²) in [5, 5.41) is 11.4. The third kappa shape index (κ3) is 14.4. The van der Waals surface area contributed by atoms with Crippen molar-refractivity contribution in [1.82, 2.24) is 23.4 Å². The zero-order valence-electron chi connectivity index (χ0n) is 56.9. The summed E-state index contributed by atoms with van der Waals surface area (Å²) in [5.74, 6) is 26.7. The number of nitrogens with two attached hydrogens (primary N) is 16. The molecule has 0 aliphatic carbocycles. The quantitative estimate of drug-likeness (QED) is 0.0494. The maximum absolute atomic E-state index is 12.6. The molecule has 4 amide bonds. The minimum absolute atomic E-state index is 0.0288. The Hall–Kier alpha value is -15.2. The van der Waals surface area contributed by atoms with Crippen LogP contribution in [-0.2, 0) is 32.7 Å². The van der Waals surface area contributed by atoms with Crippen molar-refractivity contribution in [3.8, 4) is 5.75 Å². The van der Waals surface area contributed by atoms with Crippen molar-refractivity contribution in [2.24, 2.45) is 59.4 Å². The molecule has 5 aromatic heterocycles. The van der Waals surface area contributed by atoms with Crippen LogP contribution in [0.4, 0.5) is 51.8 Å². The van der Waals surface area contributed by atoms with Crippen LogP contribution >= 0.6 is 23.8 Å². The molecular formula is C66H69ClN30O10S. The smallest absolute Gasteiger partial charge is 0.281 e. The van der Waals surface area contributed by atoms with E-state index in [2.05, 4.69) is 46.2 Å². The number of benzene rings is 4. The first-order valence-electron chi connectivity index (χ1n) is 31.4. The molecule has 5 aliphatic heterocycles. The Bertz CT molecular complexity index is 5640. The lowest BCUT2D eigenvalue weighted by Gasteiger charge is -2.14. The predicted octanol–water partition coefficient (Wildman–Crippen LogP) is -2.57. The monoisotopic (exact) mass is 1510 g/mol. The number of nitrogen functional groups attached to an aromatic ring is 10. The number of nitrogens with zero attached hydrogens (tertiary/aromatic N) is 10. The van der Waals surface area contributed by atoms with E-state index in [1.54, 1.807) is 92.0 Å². The lowest BCUT2D eigenvalue weighted by atomic mass is 10.0. The number of aryl methyl sites for hydroxylation is 1. The molecule has 10 heterocycles. The molecule has 9 aromatic rings. The SMILES string of the molecule is COc1ccc(NC(=O)c2c3c(c(=O)n(N)c2N)C(N)=NC3)cc1.Cc1ccc(NC(=O)c2c3c(c(=O)n(N)c2N)C(N)=NC3)cc1.NC(=S)c1c2c(c(=O)n(N)c1N)C(N)=NC2.NC1=NCc2c(C(=O)Nc3ccc(Cl)cc3)c(N)n(N)c(=O)c21.NC1=NCc2c(C(=O)Nc3ccccc3)c(N)n(N)c(=O)c21. The topological polar surface area (TPSA) is 714 Å². The summed E-state index contributed by atoms with van der Waals surface area (Å²) in [6, 6.07) is 29.5. The summed E-state index contributed by atoms with van der Waals surface area (Å²) in [5.41, 5.74) is 67.2. The Morgan fingerprint density at radius 3 is 0.870 bits per heavy atom. The highest BCUT2D eigenvalue weighted by molar-refractivity contribution is 7.80. The van der Waals surface area contributed by atoms with Crippen molar-refractivity contribution >= 4 is 133 Å². The molecule has 0 unspecified atom stereocenters. The Morgan fingerprint density at radius 1 is 0.380 bits per heavy atom. The third-order valence-electron chi connectivity index (χ3n) is 17.0. The van der Waals surface area contributed by atoms with Gasteiger partial charge in [0.25, 0.3) is 51.4 Å². The number of amidine groups is 5. The number of thiocarbonyl (C=S) groups is 1. The number of anilines is 9. The van der Waals surface area contributed by atoms with Gasteiger partial charge in [0.2, 0.25) is 0 Å². The third-order valence-corrected chi connectivity index (χ3v) is 17.5. The van der Waals surface area contributed by atoms with Crippen LogP contribution < -0.4 is 146 Å².